The average molecular weight is 332 g/mol. The van der Waals surface area contributed by atoms with E-state index in [4.69, 9.17) is 11.5 Å². The molecular formula is C19H16N4O2. The number of nitro benzene ring substituents is 1. The van der Waals surface area contributed by atoms with Gasteiger partial charge in [0.2, 0.25) is 0 Å². The zero-order valence-electron chi connectivity index (χ0n) is 13.3. The van der Waals surface area contributed by atoms with Gasteiger partial charge in [0.1, 0.15) is 0 Å². The number of non-ortho nitro benzene ring substituents is 1. The number of nitrogens with two attached hydrogens (primary N) is 2. The number of nitrogens with zero attached hydrogens (tertiary/aromatic N) is 2. The lowest BCUT2D eigenvalue weighted by molar-refractivity contribution is -0.384. The van der Waals surface area contributed by atoms with E-state index in [-0.39, 0.29) is 5.69 Å². The Balaban J connectivity index is 1.78. The number of anilines is 2. The van der Waals surface area contributed by atoms with Gasteiger partial charge in [0.15, 0.2) is 0 Å². The van der Waals surface area contributed by atoms with Gasteiger partial charge in [-0.25, -0.2) is 0 Å². The van der Waals surface area contributed by atoms with Crippen LogP contribution >= 0.6 is 0 Å². The first-order chi connectivity index (χ1) is 12.0. The molecule has 4 aromatic rings. The van der Waals surface area contributed by atoms with Crippen LogP contribution in [0.15, 0.2) is 60.8 Å². The highest BCUT2D eigenvalue weighted by Crippen LogP contribution is 2.32. The molecular weight excluding hydrogens is 316 g/mol. The Labute approximate surface area is 143 Å². The molecule has 1 heterocycles. The van der Waals surface area contributed by atoms with E-state index in [0.717, 1.165) is 27.2 Å². The van der Waals surface area contributed by atoms with E-state index in [1.807, 2.05) is 30.5 Å². The van der Waals surface area contributed by atoms with Crippen molar-refractivity contribution in [3.8, 4) is 0 Å². The normalized spacial score (nSPS) is 11.2. The Kier molecular flexibility index (Phi) is 3.32. The third-order valence-electron chi connectivity index (χ3n) is 4.42. The number of nitro groups is 1. The summed E-state index contributed by atoms with van der Waals surface area (Å²) in [6.07, 6.45) is 2.00. The minimum absolute atomic E-state index is 0.0949. The van der Waals surface area contributed by atoms with Crippen LogP contribution in [0.3, 0.4) is 0 Å². The van der Waals surface area contributed by atoms with Crippen molar-refractivity contribution >= 4 is 38.7 Å². The molecule has 0 saturated carbocycles. The monoisotopic (exact) mass is 332 g/mol. The van der Waals surface area contributed by atoms with Crippen molar-refractivity contribution < 1.29 is 4.92 Å². The van der Waals surface area contributed by atoms with E-state index in [0.29, 0.717) is 17.9 Å². The van der Waals surface area contributed by atoms with Crippen LogP contribution < -0.4 is 11.5 Å². The molecule has 4 N–H and O–H groups in total. The maximum atomic E-state index is 10.8. The highest BCUT2D eigenvalue weighted by atomic mass is 16.6. The molecule has 0 fully saturated rings. The third kappa shape index (κ3) is 2.53. The van der Waals surface area contributed by atoms with Crippen molar-refractivity contribution in [2.75, 3.05) is 11.5 Å². The minimum Gasteiger partial charge on any atom is -0.399 e. The van der Waals surface area contributed by atoms with Gasteiger partial charge in [-0.1, -0.05) is 18.2 Å². The molecule has 3 aromatic carbocycles. The van der Waals surface area contributed by atoms with Crippen molar-refractivity contribution in [1.82, 2.24) is 4.57 Å². The quantitative estimate of drug-likeness (QED) is 0.337. The molecule has 0 spiro atoms. The molecule has 0 amide bonds. The Morgan fingerprint density at radius 3 is 2.48 bits per heavy atom. The Bertz CT molecular complexity index is 1110. The van der Waals surface area contributed by atoms with Gasteiger partial charge in [-0.15, -0.1) is 0 Å². The molecule has 0 aliphatic carbocycles. The predicted molar refractivity (Wildman–Crippen MR) is 100 cm³/mol. The van der Waals surface area contributed by atoms with E-state index in [1.165, 1.54) is 12.1 Å². The third-order valence-corrected chi connectivity index (χ3v) is 4.42. The highest BCUT2D eigenvalue weighted by molar-refractivity contribution is 6.13. The number of hydrogen-bond acceptors (Lipinski definition) is 4. The first-order valence-electron chi connectivity index (χ1n) is 7.83. The lowest BCUT2D eigenvalue weighted by Gasteiger charge is -2.09. The number of hydrogen-bond donors (Lipinski definition) is 2. The van der Waals surface area contributed by atoms with Gasteiger partial charge in [-0.05, 0) is 35.2 Å². The Hall–Kier alpha value is -3.54. The van der Waals surface area contributed by atoms with Crippen LogP contribution in [0.1, 0.15) is 5.56 Å². The maximum absolute atomic E-state index is 10.8. The minimum atomic E-state index is -0.393. The number of rotatable bonds is 3. The second-order valence-corrected chi connectivity index (χ2v) is 6.07. The summed E-state index contributed by atoms with van der Waals surface area (Å²) in [7, 11) is 0. The fourth-order valence-electron chi connectivity index (χ4n) is 3.26. The van der Waals surface area contributed by atoms with E-state index in [2.05, 4.69) is 4.57 Å². The molecule has 0 aliphatic rings. The van der Waals surface area contributed by atoms with Gasteiger partial charge in [-0.3, -0.25) is 10.1 Å². The zero-order chi connectivity index (χ0) is 17.6. The van der Waals surface area contributed by atoms with Crippen LogP contribution in [0.25, 0.3) is 21.7 Å². The van der Waals surface area contributed by atoms with E-state index >= 15 is 0 Å². The van der Waals surface area contributed by atoms with Gasteiger partial charge in [0.25, 0.3) is 5.69 Å². The molecule has 0 unspecified atom stereocenters. The van der Waals surface area contributed by atoms with Crippen LogP contribution in [0, 0.1) is 10.1 Å². The molecule has 0 aliphatic heterocycles. The number of aromatic nitrogens is 1. The van der Waals surface area contributed by atoms with Crippen molar-refractivity contribution in [2.45, 2.75) is 6.54 Å². The fraction of sp³-hybridized carbons (Fsp3) is 0.0526. The van der Waals surface area contributed by atoms with E-state index in [1.54, 1.807) is 18.2 Å². The molecule has 25 heavy (non-hydrogen) atoms. The summed E-state index contributed by atoms with van der Waals surface area (Å²) in [4.78, 5) is 10.4. The van der Waals surface area contributed by atoms with Crippen LogP contribution in [0.4, 0.5) is 17.1 Å². The molecule has 124 valence electrons. The first-order valence-corrected chi connectivity index (χ1v) is 7.83. The fourth-order valence-corrected chi connectivity index (χ4v) is 3.26. The van der Waals surface area contributed by atoms with Gasteiger partial charge in [0, 0.05) is 52.5 Å². The SMILES string of the molecule is Nc1cc(N)c2c(ccc3c2ccn3Cc2ccc([N+](=O)[O-])cc2)c1. The maximum Gasteiger partial charge on any atom is 0.269 e. The summed E-state index contributed by atoms with van der Waals surface area (Å²) in [5.74, 6) is 0. The summed E-state index contributed by atoms with van der Waals surface area (Å²) in [5, 5.41) is 13.8. The van der Waals surface area contributed by atoms with Gasteiger partial charge >= 0.3 is 0 Å². The van der Waals surface area contributed by atoms with Crippen molar-refractivity contribution in [2.24, 2.45) is 0 Å². The average Bonchev–Trinajstić information content (AvgIpc) is 2.97. The second-order valence-electron chi connectivity index (χ2n) is 6.07. The van der Waals surface area contributed by atoms with Crippen molar-refractivity contribution in [1.29, 1.82) is 0 Å². The van der Waals surface area contributed by atoms with E-state index in [9.17, 15) is 10.1 Å². The molecule has 6 nitrogen and oxygen atoms in total. The molecule has 0 bridgehead atoms. The first kappa shape index (κ1) is 15.0. The molecule has 1 aromatic heterocycles. The summed E-state index contributed by atoms with van der Waals surface area (Å²) in [6, 6.07) is 16.4. The summed E-state index contributed by atoms with van der Waals surface area (Å²) < 4.78 is 2.10. The molecule has 4 rings (SSSR count). The molecule has 6 heteroatoms. The Morgan fingerprint density at radius 1 is 1.00 bits per heavy atom. The number of benzene rings is 3. The lowest BCUT2D eigenvalue weighted by Crippen LogP contribution is -1.98. The van der Waals surface area contributed by atoms with Gasteiger partial charge in [0.05, 0.1) is 4.92 Å². The number of nitrogen functional groups attached to an aromatic ring is 2. The van der Waals surface area contributed by atoms with Crippen LogP contribution in [-0.4, -0.2) is 9.49 Å². The predicted octanol–water partition coefficient (Wildman–Crippen LogP) is 3.92. The van der Waals surface area contributed by atoms with Gasteiger partial charge in [-0.2, -0.15) is 0 Å². The molecule has 0 radical (unpaired) electrons. The van der Waals surface area contributed by atoms with Crippen LogP contribution in [-0.2, 0) is 6.54 Å². The largest absolute Gasteiger partial charge is 0.399 e. The summed E-state index contributed by atoms with van der Waals surface area (Å²) in [5.41, 5.74) is 15.5. The van der Waals surface area contributed by atoms with Crippen molar-refractivity contribution in [3.05, 3.63) is 76.5 Å². The summed E-state index contributed by atoms with van der Waals surface area (Å²) in [6.45, 7) is 0.627. The zero-order valence-corrected chi connectivity index (χ0v) is 13.3. The molecule has 0 atom stereocenters. The van der Waals surface area contributed by atoms with Crippen LogP contribution in [0.2, 0.25) is 0 Å². The topological polar surface area (TPSA) is 100 Å². The lowest BCUT2D eigenvalue weighted by atomic mass is 10.0. The number of fused-ring (bicyclic) bond motifs is 3. The standard InChI is InChI=1S/C19H16N4O2/c20-14-9-13-3-6-18-16(19(13)17(21)10-14)7-8-22(18)11-12-1-4-15(5-2-12)23(24)25/h1-10H,11,20-21H2. The van der Waals surface area contributed by atoms with Crippen LogP contribution in [0.5, 0.6) is 0 Å². The highest BCUT2D eigenvalue weighted by Gasteiger charge is 2.10. The molecule has 0 saturated heterocycles. The van der Waals surface area contributed by atoms with Crippen molar-refractivity contribution in [3.63, 3.8) is 0 Å². The second kappa shape index (κ2) is 5.52. The smallest absolute Gasteiger partial charge is 0.269 e. The Morgan fingerprint density at radius 2 is 1.76 bits per heavy atom. The summed E-state index contributed by atoms with van der Waals surface area (Å²) >= 11 is 0. The van der Waals surface area contributed by atoms with E-state index < -0.39 is 4.92 Å². The van der Waals surface area contributed by atoms with Gasteiger partial charge < -0.3 is 16.0 Å².